The van der Waals surface area contributed by atoms with Gasteiger partial charge < -0.3 is 11.1 Å². The number of nitrogens with two attached hydrogens (primary N) is 1. The van der Waals surface area contributed by atoms with E-state index in [1.165, 1.54) is 0 Å². The predicted molar refractivity (Wildman–Crippen MR) is 76.4 cm³/mol. The molecule has 0 atom stereocenters. The second kappa shape index (κ2) is 4.33. The van der Waals surface area contributed by atoms with Crippen molar-refractivity contribution in [3.05, 3.63) is 28.5 Å². The van der Waals surface area contributed by atoms with Crippen molar-refractivity contribution in [1.82, 2.24) is 20.3 Å². The Morgan fingerprint density at radius 2 is 2.10 bits per heavy atom. The van der Waals surface area contributed by atoms with E-state index >= 15 is 0 Å². The molecule has 1 aliphatic rings. The molecule has 0 unspecified atom stereocenters. The Morgan fingerprint density at radius 1 is 1.35 bits per heavy atom. The number of hydrogen-bond donors (Lipinski definition) is 2. The fraction of sp³-hybridized carbons (Fsp3) is 0.357. The lowest BCUT2D eigenvalue weighted by Gasteiger charge is -2.22. The molecule has 0 spiro atoms. The van der Waals surface area contributed by atoms with Gasteiger partial charge in [0.2, 0.25) is 0 Å². The number of carbonyl (C=O) groups is 1. The van der Waals surface area contributed by atoms with E-state index in [0.29, 0.717) is 17.8 Å². The van der Waals surface area contributed by atoms with Gasteiger partial charge in [0.25, 0.3) is 5.91 Å². The maximum absolute atomic E-state index is 12.0. The summed E-state index contributed by atoms with van der Waals surface area (Å²) in [5.74, 6) is -0.0630. The Kier molecular flexibility index (Phi) is 2.74. The minimum atomic E-state index is -0.0630. The van der Waals surface area contributed by atoms with Gasteiger partial charge in [-0.2, -0.15) is 0 Å². The lowest BCUT2D eigenvalue weighted by Crippen LogP contribution is -2.32. The van der Waals surface area contributed by atoms with Crippen molar-refractivity contribution in [1.29, 1.82) is 0 Å². The first-order valence-electron chi connectivity index (χ1n) is 6.57. The number of rotatable bonds is 1. The maximum atomic E-state index is 12.0. The van der Waals surface area contributed by atoms with Gasteiger partial charge in [0.1, 0.15) is 0 Å². The van der Waals surface area contributed by atoms with E-state index in [1.807, 2.05) is 27.0 Å². The summed E-state index contributed by atoms with van der Waals surface area (Å²) in [7, 11) is 1.84. The first kappa shape index (κ1) is 12.7. The van der Waals surface area contributed by atoms with Crippen LogP contribution in [0.2, 0.25) is 0 Å². The molecule has 2 heterocycles. The number of nitrogens with one attached hydrogen (secondary N) is 1. The molecule has 0 bridgehead atoms. The molecule has 0 aliphatic carbocycles. The molecule has 0 saturated carbocycles. The average Bonchev–Trinajstić information content (AvgIpc) is 2.75. The van der Waals surface area contributed by atoms with E-state index in [-0.39, 0.29) is 5.91 Å². The van der Waals surface area contributed by atoms with Crippen molar-refractivity contribution >= 4 is 11.6 Å². The molecule has 6 nitrogen and oxygen atoms in total. The summed E-state index contributed by atoms with van der Waals surface area (Å²) in [6.45, 7) is 4.52. The summed E-state index contributed by atoms with van der Waals surface area (Å²) >= 11 is 0. The number of hydrogen-bond acceptors (Lipinski definition) is 4. The molecule has 1 aromatic carbocycles. The Balaban J connectivity index is 2.31. The fourth-order valence-corrected chi connectivity index (χ4v) is 2.80. The van der Waals surface area contributed by atoms with Crippen LogP contribution in [0.3, 0.4) is 0 Å². The number of benzene rings is 1. The third-order valence-electron chi connectivity index (χ3n) is 3.90. The molecule has 3 N–H and O–H groups in total. The predicted octanol–water partition coefficient (Wildman–Crippen LogP) is 0.967. The lowest BCUT2D eigenvalue weighted by molar-refractivity contribution is 0.0946. The largest absolute Gasteiger partial charge is 0.398 e. The highest BCUT2D eigenvalue weighted by atomic mass is 16.1. The van der Waals surface area contributed by atoms with E-state index in [2.05, 4.69) is 15.6 Å². The second-order valence-corrected chi connectivity index (χ2v) is 5.14. The van der Waals surface area contributed by atoms with Crippen molar-refractivity contribution in [3.63, 3.8) is 0 Å². The Hall–Kier alpha value is -2.37. The van der Waals surface area contributed by atoms with Crippen LogP contribution in [-0.2, 0) is 13.5 Å². The third kappa shape index (κ3) is 1.68. The van der Waals surface area contributed by atoms with Gasteiger partial charge in [-0.15, -0.1) is 5.10 Å². The van der Waals surface area contributed by atoms with Crippen LogP contribution in [0.4, 0.5) is 5.69 Å². The molecule has 0 fully saturated rings. The zero-order valence-electron chi connectivity index (χ0n) is 11.8. The van der Waals surface area contributed by atoms with E-state index in [1.54, 1.807) is 4.68 Å². The third-order valence-corrected chi connectivity index (χ3v) is 3.90. The van der Waals surface area contributed by atoms with Gasteiger partial charge in [-0.05, 0) is 37.5 Å². The first-order valence-corrected chi connectivity index (χ1v) is 6.57. The summed E-state index contributed by atoms with van der Waals surface area (Å²) in [6.07, 6.45) is 0.774. The van der Waals surface area contributed by atoms with Crippen LogP contribution in [0, 0.1) is 13.8 Å². The maximum Gasteiger partial charge on any atom is 0.251 e. The van der Waals surface area contributed by atoms with Gasteiger partial charge in [-0.25, -0.2) is 4.68 Å². The SMILES string of the molecule is Cc1nnn(C)c1-c1cc2c(c(N)c1C)CCNC2=O. The number of anilines is 1. The summed E-state index contributed by atoms with van der Waals surface area (Å²) < 4.78 is 1.71. The topological polar surface area (TPSA) is 85.8 Å². The highest BCUT2D eigenvalue weighted by Gasteiger charge is 2.24. The first-order chi connectivity index (χ1) is 9.50. The van der Waals surface area contributed by atoms with Crippen LogP contribution in [0.25, 0.3) is 11.3 Å². The van der Waals surface area contributed by atoms with E-state index in [4.69, 9.17) is 5.73 Å². The summed E-state index contributed by atoms with van der Waals surface area (Å²) in [4.78, 5) is 12.0. The molecule has 3 rings (SSSR count). The van der Waals surface area contributed by atoms with Gasteiger partial charge in [-0.3, -0.25) is 4.79 Å². The molecule has 6 heteroatoms. The van der Waals surface area contributed by atoms with Crippen molar-refractivity contribution in [2.45, 2.75) is 20.3 Å². The fourth-order valence-electron chi connectivity index (χ4n) is 2.80. The molecule has 20 heavy (non-hydrogen) atoms. The van der Waals surface area contributed by atoms with Gasteiger partial charge >= 0.3 is 0 Å². The summed E-state index contributed by atoms with van der Waals surface area (Å²) in [5.41, 5.74) is 12.2. The van der Waals surface area contributed by atoms with Crippen LogP contribution >= 0.6 is 0 Å². The van der Waals surface area contributed by atoms with Gasteiger partial charge in [0, 0.05) is 30.4 Å². The Labute approximate surface area is 117 Å². The van der Waals surface area contributed by atoms with Crippen molar-refractivity contribution in [3.8, 4) is 11.3 Å². The minimum Gasteiger partial charge on any atom is -0.398 e. The van der Waals surface area contributed by atoms with Crippen LogP contribution in [0.5, 0.6) is 0 Å². The van der Waals surface area contributed by atoms with Crippen molar-refractivity contribution in [2.24, 2.45) is 7.05 Å². The highest BCUT2D eigenvalue weighted by molar-refractivity contribution is 6.00. The summed E-state index contributed by atoms with van der Waals surface area (Å²) in [6, 6.07) is 1.90. The van der Waals surface area contributed by atoms with Crippen LogP contribution in [0.15, 0.2) is 6.07 Å². The van der Waals surface area contributed by atoms with Crippen LogP contribution in [0.1, 0.15) is 27.2 Å². The Morgan fingerprint density at radius 3 is 2.75 bits per heavy atom. The van der Waals surface area contributed by atoms with Crippen molar-refractivity contribution in [2.75, 3.05) is 12.3 Å². The number of aryl methyl sites for hydroxylation is 2. The standard InChI is InChI=1S/C14H17N5O/c1-7-10(13-8(2)17-18-19(13)3)6-11-9(12(7)15)4-5-16-14(11)20/h6H,4-5,15H2,1-3H3,(H,16,20). The summed E-state index contributed by atoms with van der Waals surface area (Å²) in [5, 5.41) is 10.9. The van der Waals surface area contributed by atoms with E-state index < -0.39 is 0 Å². The zero-order valence-corrected chi connectivity index (χ0v) is 11.8. The number of nitrogens with zero attached hydrogens (tertiary/aromatic N) is 3. The molecule has 0 radical (unpaired) electrons. The smallest absolute Gasteiger partial charge is 0.251 e. The molecular weight excluding hydrogens is 254 g/mol. The van der Waals surface area contributed by atoms with E-state index in [0.717, 1.165) is 34.5 Å². The normalized spacial score (nSPS) is 14.1. The molecule has 104 valence electrons. The van der Waals surface area contributed by atoms with Gasteiger partial charge in [0.15, 0.2) is 0 Å². The van der Waals surface area contributed by atoms with Crippen LogP contribution < -0.4 is 11.1 Å². The number of amides is 1. The van der Waals surface area contributed by atoms with Gasteiger partial charge in [-0.1, -0.05) is 5.21 Å². The van der Waals surface area contributed by atoms with E-state index in [9.17, 15) is 4.79 Å². The van der Waals surface area contributed by atoms with Crippen molar-refractivity contribution < 1.29 is 4.79 Å². The number of aromatic nitrogens is 3. The minimum absolute atomic E-state index is 0.0630. The molecule has 1 aliphatic heterocycles. The number of carbonyl (C=O) groups excluding carboxylic acids is 1. The molecule has 0 saturated heterocycles. The number of nitrogen functional groups attached to an aromatic ring is 1. The molecule has 2 aromatic rings. The monoisotopic (exact) mass is 271 g/mol. The highest BCUT2D eigenvalue weighted by Crippen LogP contribution is 2.34. The quantitative estimate of drug-likeness (QED) is 0.757. The van der Waals surface area contributed by atoms with Gasteiger partial charge in [0.05, 0.1) is 11.4 Å². The number of fused-ring (bicyclic) bond motifs is 1. The van der Waals surface area contributed by atoms with Crippen LogP contribution in [-0.4, -0.2) is 27.4 Å². The Bertz CT molecular complexity index is 697. The average molecular weight is 271 g/mol. The molecular formula is C14H17N5O. The molecule has 1 aromatic heterocycles. The molecule has 1 amide bonds. The second-order valence-electron chi connectivity index (χ2n) is 5.14. The lowest BCUT2D eigenvalue weighted by atomic mass is 9.90. The zero-order chi connectivity index (χ0) is 14.4.